The van der Waals surface area contributed by atoms with Crippen molar-refractivity contribution < 1.29 is 26.6 Å². The smallest absolute Gasteiger partial charge is 0.446 e. The molecule has 0 saturated carbocycles. The summed E-state index contributed by atoms with van der Waals surface area (Å²) < 4.78 is 43.3. The van der Waals surface area contributed by atoms with E-state index in [0.717, 1.165) is 0 Å². The zero-order chi connectivity index (χ0) is 10.2. The van der Waals surface area contributed by atoms with Crippen LogP contribution in [0.1, 0.15) is 0 Å². The number of rotatable bonds is 2. The summed E-state index contributed by atoms with van der Waals surface area (Å²) >= 11 is 0. The molecule has 76 valence electrons. The van der Waals surface area contributed by atoms with E-state index in [1.54, 1.807) is 0 Å². The maximum absolute atomic E-state index is 10.4. The lowest BCUT2D eigenvalue weighted by Gasteiger charge is -2.01. The molecule has 0 bridgehead atoms. The number of hydrogen-bond donors (Lipinski definition) is 1. The van der Waals surface area contributed by atoms with Crippen molar-refractivity contribution in [1.29, 1.82) is 0 Å². The Bertz CT molecular complexity index is 451. The Balaban J connectivity index is 2.29. The summed E-state index contributed by atoms with van der Waals surface area (Å²) in [6.45, 7) is 0.0880. The average molecular weight is 218 g/mol. The van der Waals surface area contributed by atoms with E-state index in [-0.39, 0.29) is 12.5 Å². The second kappa shape index (κ2) is 3.03. The number of hydrogen-bond acceptors (Lipinski definition) is 5. The first-order chi connectivity index (χ1) is 6.54. The van der Waals surface area contributed by atoms with Gasteiger partial charge in [-0.05, 0) is 12.1 Å². The molecule has 0 spiro atoms. The fourth-order valence-electron chi connectivity index (χ4n) is 1.05. The second-order valence-electron chi connectivity index (χ2n) is 2.53. The van der Waals surface area contributed by atoms with Crippen molar-refractivity contribution in [3.63, 3.8) is 0 Å². The molecule has 1 aromatic carbocycles. The van der Waals surface area contributed by atoms with Gasteiger partial charge in [-0.1, -0.05) is 0 Å². The summed E-state index contributed by atoms with van der Waals surface area (Å²) in [4.78, 5) is 0. The van der Waals surface area contributed by atoms with Crippen molar-refractivity contribution in [2.75, 3.05) is 6.79 Å². The molecule has 0 fully saturated rings. The van der Waals surface area contributed by atoms with Gasteiger partial charge in [0.15, 0.2) is 11.5 Å². The predicted molar refractivity (Wildman–Crippen MR) is 44.7 cm³/mol. The Morgan fingerprint density at radius 2 is 2.00 bits per heavy atom. The number of ether oxygens (including phenoxy) is 2. The fourth-order valence-corrected chi connectivity index (χ4v) is 1.40. The number of benzene rings is 1. The van der Waals surface area contributed by atoms with E-state index in [1.165, 1.54) is 18.2 Å². The third-order valence-electron chi connectivity index (χ3n) is 1.55. The van der Waals surface area contributed by atoms with E-state index in [9.17, 15) is 8.42 Å². The molecule has 7 heteroatoms. The lowest BCUT2D eigenvalue weighted by molar-refractivity contribution is 0.174. The molecule has 0 saturated heterocycles. The first-order valence-electron chi connectivity index (χ1n) is 3.61. The van der Waals surface area contributed by atoms with E-state index in [2.05, 4.69) is 4.18 Å². The topological polar surface area (TPSA) is 82.1 Å². The molecule has 1 aromatic rings. The summed E-state index contributed by atoms with van der Waals surface area (Å²) in [5.41, 5.74) is 0. The molecule has 0 aliphatic carbocycles. The normalized spacial score (nSPS) is 14.1. The highest BCUT2D eigenvalue weighted by Gasteiger charge is 2.15. The molecule has 0 atom stereocenters. The van der Waals surface area contributed by atoms with Gasteiger partial charge in [-0.15, -0.1) is 0 Å². The van der Waals surface area contributed by atoms with Gasteiger partial charge in [-0.3, -0.25) is 4.55 Å². The average Bonchev–Trinajstić information content (AvgIpc) is 2.47. The molecule has 6 nitrogen and oxygen atoms in total. The first kappa shape index (κ1) is 9.10. The lowest BCUT2D eigenvalue weighted by Crippen LogP contribution is -2.06. The zero-order valence-corrected chi connectivity index (χ0v) is 7.65. The van der Waals surface area contributed by atoms with Crippen LogP contribution < -0.4 is 13.7 Å². The summed E-state index contributed by atoms with van der Waals surface area (Å²) in [7, 11) is -4.49. The summed E-state index contributed by atoms with van der Waals surface area (Å²) in [6, 6.07) is 4.15. The van der Waals surface area contributed by atoms with Crippen molar-refractivity contribution >= 4 is 10.4 Å². The molecule has 2 rings (SSSR count). The fraction of sp³-hybridized carbons (Fsp3) is 0.143. The Labute approximate surface area is 80.0 Å². The van der Waals surface area contributed by atoms with Gasteiger partial charge in [0.2, 0.25) is 6.79 Å². The number of fused-ring (bicyclic) bond motifs is 1. The van der Waals surface area contributed by atoms with Gasteiger partial charge < -0.3 is 13.7 Å². The third kappa shape index (κ3) is 1.88. The van der Waals surface area contributed by atoms with Gasteiger partial charge in [0, 0.05) is 6.07 Å². The molecule has 1 aliphatic heterocycles. The second-order valence-corrected chi connectivity index (χ2v) is 3.55. The van der Waals surface area contributed by atoms with Crippen LogP contribution >= 0.6 is 0 Å². The Hall–Kier alpha value is -1.47. The maximum Gasteiger partial charge on any atom is 0.446 e. The molecule has 0 aromatic heterocycles. The Kier molecular flexibility index (Phi) is 1.97. The van der Waals surface area contributed by atoms with Crippen LogP contribution in [-0.4, -0.2) is 19.8 Å². The van der Waals surface area contributed by atoms with Crippen LogP contribution in [-0.2, 0) is 10.4 Å². The van der Waals surface area contributed by atoms with Crippen LogP contribution in [0.2, 0.25) is 0 Å². The van der Waals surface area contributed by atoms with Crippen molar-refractivity contribution in [2.45, 2.75) is 0 Å². The SMILES string of the molecule is O=S(=O)(O)Oc1ccc2c(c1)OCO2. The zero-order valence-electron chi connectivity index (χ0n) is 6.84. The van der Waals surface area contributed by atoms with Crippen molar-refractivity contribution in [3.05, 3.63) is 18.2 Å². The third-order valence-corrected chi connectivity index (χ3v) is 1.95. The Morgan fingerprint density at radius 1 is 1.29 bits per heavy atom. The molecule has 0 radical (unpaired) electrons. The van der Waals surface area contributed by atoms with E-state index >= 15 is 0 Å². The molecule has 0 unspecified atom stereocenters. The van der Waals surface area contributed by atoms with Gasteiger partial charge in [0.05, 0.1) is 0 Å². The Morgan fingerprint density at radius 3 is 2.71 bits per heavy atom. The van der Waals surface area contributed by atoms with Gasteiger partial charge in [0.1, 0.15) is 5.75 Å². The van der Waals surface area contributed by atoms with Gasteiger partial charge >= 0.3 is 10.4 Å². The molecule has 1 aliphatic rings. The highest BCUT2D eigenvalue weighted by atomic mass is 32.3. The van der Waals surface area contributed by atoms with Crippen LogP contribution in [0.5, 0.6) is 17.2 Å². The summed E-state index contributed by atoms with van der Waals surface area (Å²) in [5, 5.41) is 0. The maximum atomic E-state index is 10.4. The molecule has 1 heterocycles. The minimum Gasteiger partial charge on any atom is -0.454 e. The molecular formula is C7H6O6S. The molecule has 14 heavy (non-hydrogen) atoms. The van der Waals surface area contributed by atoms with Crippen molar-refractivity contribution in [3.8, 4) is 17.2 Å². The van der Waals surface area contributed by atoms with Crippen LogP contribution in [0.15, 0.2) is 18.2 Å². The summed E-state index contributed by atoms with van der Waals surface area (Å²) in [6.07, 6.45) is 0. The van der Waals surface area contributed by atoms with Gasteiger partial charge in [-0.25, -0.2) is 0 Å². The van der Waals surface area contributed by atoms with Crippen molar-refractivity contribution in [2.24, 2.45) is 0 Å². The van der Waals surface area contributed by atoms with Crippen LogP contribution in [0.4, 0.5) is 0 Å². The van der Waals surface area contributed by atoms with Crippen molar-refractivity contribution in [1.82, 2.24) is 0 Å². The van der Waals surface area contributed by atoms with Crippen LogP contribution in [0.3, 0.4) is 0 Å². The van der Waals surface area contributed by atoms with E-state index in [4.69, 9.17) is 14.0 Å². The van der Waals surface area contributed by atoms with Gasteiger partial charge in [0.25, 0.3) is 0 Å². The minimum absolute atomic E-state index is 0.0308. The van der Waals surface area contributed by atoms with E-state index in [1.807, 2.05) is 0 Å². The van der Waals surface area contributed by atoms with Gasteiger partial charge in [-0.2, -0.15) is 8.42 Å². The highest BCUT2D eigenvalue weighted by Crippen LogP contribution is 2.35. The van der Waals surface area contributed by atoms with E-state index < -0.39 is 10.4 Å². The molecular weight excluding hydrogens is 212 g/mol. The largest absolute Gasteiger partial charge is 0.454 e. The van der Waals surface area contributed by atoms with E-state index in [0.29, 0.717) is 11.5 Å². The van der Waals surface area contributed by atoms with Crippen LogP contribution in [0.25, 0.3) is 0 Å². The standard InChI is InChI=1S/C7H6O6S/c8-14(9,10)13-5-1-2-6-7(3-5)12-4-11-6/h1-3H,4H2,(H,8,9,10). The quantitative estimate of drug-likeness (QED) is 0.732. The highest BCUT2D eigenvalue weighted by molar-refractivity contribution is 7.81. The van der Waals surface area contributed by atoms with Crippen LogP contribution in [0, 0.1) is 0 Å². The monoisotopic (exact) mass is 218 g/mol. The lowest BCUT2D eigenvalue weighted by atomic mass is 10.3. The predicted octanol–water partition coefficient (Wildman–Crippen LogP) is 0.597. The first-order valence-corrected chi connectivity index (χ1v) is 4.98. The minimum atomic E-state index is -4.49. The molecule has 1 N–H and O–H groups in total. The molecule has 0 amide bonds. The summed E-state index contributed by atoms with van der Waals surface area (Å²) in [5.74, 6) is 0.857.